The maximum Gasteiger partial charge on any atom is 0.143 e. The molecule has 0 radical (unpaired) electrons. The summed E-state index contributed by atoms with van der Waals surface area (Å²) in [5, 5.41) is 9.64. The van der Waals surface area contributed by atoms with E-state index in [0.29, 0.717) is 10.0 Å². The van der Waals surface area contributed by atoms with E-state index in [-0.39, 0.29) is 11.7 Å². The zero-order valence-corrected chi connectivity index (χ0v) is 9.18. The Morgan fingerprint density at radius 2 is 2.00 bits per heavy atom. The van der Waals surface area contributed by atoms with Crippen LogP contribution < -0.4 is 0 Å². The van der Waals surface area contributed by atoms with Crippen molar-refractivity contribution in [2.45, 2.75) is 20.0 Å². The van der Waals surface area contributed by atoms with Crippen LogP contribution in [0.25, 0.3) is 0 Å². The predicted octanol–water partition coefficient (Wildman–Crippen LogP) is 3.28. The summed E-state index contributed by atoms with van der Waals surface area (Å²) in [4.78, 5) is 0. The van der Waals surface area contributed by atoms with Gasteiger partial charge in [-0.25, -0.2) is 4.39 Å². The first-order valence-electron chi connectivity index (χ1n) is 4.16. The van der Waals surface area contributed by atoms with Gasteiger partial charge < -0.3 is 5.11 Å². The van der Waals surface area contributed by atoms with Gasteiger partial charge in [-0.3, -0.25) is 0 Å². The van der Waals surface area contributed by atoms with E-state index in [1.807, 2.05) is 13.8 Å². The molecule has 1 aromatic rings. The number of halogens is 2. The lowest BCUT2D eigenvalue weighted by Gasteiger charge is -2.15. The minimum atomic E-state index is -0.738. The highest BCUT2D eigenvalue weighted by Crippen LogP contribution is 2.27. The molecule has 0 saturated carbocycles. The zero-order chi connectivity index (χ0) is 10.0. The molecule has 0 bridgehead atoms. The van der Waals surface area contributed by atoms with Crippen LogP contribution in [-0.2, 0) is 0 Å². The van der Waals surface area contributed by atoms with E-state index in [4.69, 9.17) is 0 Å². The van der Waals surface area contributed by atoms with Crippen LogP contribution in [0.15, 0.2) is 22.7 Å². The third-order valence-corrected chi connectivity index (χ3v) is 2.54. The Morgan fingerprint density at radius 1 is 1.38 bits per heavy atom. The van der Waals surface area contributed by atoms with Gasteiger partial charge >= 0.3 is 0 Å². The predicted molar refractivity (Wildman–Crippen MR) is 53.9 cm³/mol. The quantitative estimate of drug-likeness (QED) is 0.850. The molecule has 0 fully saturated rings. The van der Waals surface area contributed by atoms with Crippen LogP contribution >= 0.6 is 15.9 Å². The molecule has 3 heteroatoms. The van der Waals surface area contributed by atoms with Gasteiger partial charge in [0.2, 0.25) is 0 Å². The number of benzene rings is 1. The highest BCUT2D eigenvalue weighted by molar-refractivity contribution is 9.10. The number of rotatable bonds is 2. The molecule has 1 aromatic carbocycles. The van der Waals surface area contributed by atoms with Crippen molar-refractivity contribution in [3.8, 4) is 0 Å². The largest absolute Gasteiger partial charge is 0.388 e. The van der Waals surface area contributed by atoms with Gasteiger partial charge in [-0.2, -0.15) is 0 Å². The number of hydrogen-bond donors (Lipinski definition) is 1. The molecule has 1 nitrogen and oxygen atoms in total. The average molecular weight is 247 g/mol. The average Bonchev–Trinajstić information content (AvgIpc) is 2.08. The fourth-order valence-corrected chi connectivity index (χ4v) is 1.49. The molecular weight excluding hydrogens is 235 g/mol. The smallest absolute Gasteiger partial charge is 0.143 e. The normalized spacial score (nSPS) is 13.4. The number of aliphatic hydroxyl groups excluding tert-OH is 1. The SMILES string of the molecule is CC(C)C(O)c1cccc(Br)c1F. The first kappa shape index (κ1) is 10.7. The first-order chi connectivity index (χ1) is 6.04. The van der Waals surface area contributed by atoms with Crippen molar-refractivity contribution >= 4 is 15.9 Å². The van der Waals surface area contributed by atoms with Crippen molar-refractivity contribution in [1.82, 2.24) is 0 Å². The summed E-state index contributed by atoms with van der Waals surface area (Å²) in [6.07, 6.45) is -0.738. The molecule has 1 N–H and O–H groups in total. The monoisotopic (exact) mass is 246 g/mol. The molecule has 0 aliphatic heterocycles. The van der Waals surface area contributed by atoms with Crippen molar-refractivity contribution in [2.24, 2.45) is 5.92 Å². The third kappa shape index (κ3) is 2.29. The van der Waals surface area contributed by atoms with Gasteiger partial charge in [0.15, 0.2) is 0 Å². The molecule has 13 heavy (non-hydrogen) atoms. The van der Waals surface area contributed by atoms with Crippen LogP contribution in [0, 0.1) is 11.7 Å². The second kappa shape index (κ2) is 4.20. The van der Waals surface area contributed by atoms with E-state index in [0.717, 1.165) is 0 Å². The molecule has 1 unspecified atom stereocenters. The van der Waals surface area contributed by atoms with Crippen LogP contribution in [0.2, 0.25) is 0 Å². The van der Waals surface area contributed by atoms with Gasteiger partial charge in [-0.1, -0.05) is 26.0 Å². The fraction of sp³-hybridized carbons (Fsp3) is 0.400. The minimum Gasteiger partial charge on any atom is -0.388 e. The molecule has 0 amide bonds. The summed E-state index contributed by atoms with van der Waals surface area (Å²) >= 11 is 3.08. The Balaban J connectivity index is 3.07. The molecule has 72 valence electrons. The summed E-state index contributed by atoms with van der Waals surface area (Å²) in [5.74, 6) is -0.354. The highest BCUT2D eigenvalue weighted by atomic mass is 79.9. The Morgan fingerprint density at radius 3 is 2.54 bits per heavy atom. The van der Waals surface area contributed by atoms with Crippen molar-refractivity contribution in [2.75, 3.05) is 0 Å². The second-order valence-electron chi connectivity index (χ2n) is 3.33. The summed E-state index contributed by atoms with van der Waals surface area (Å²) < 4.78 is 13.8. The van der Waals surface area contributed by atoms with Crippen LogP contribution in [-0.4, -0.2) is 5.11 Å². The Labute approximate surface area is 85.7 Å². The van der Waals surface area contributed by atoms with Gasteiger partial charge in [-0.15, -0.1) is 0 Å². The van der Waals surface area contributed by atoms with E-state index < -0.39 is 6.10 Å². The molecule has 0 heterocycles. The van der Waals surface area contributed by atoms with E-state index in [1.165, 1.54) is 0 Å². The topological polar surface area (TPSA) is 20.2 Å². The first-order valence-corrected chi connectivity index (χ1v) is 4.95. The Kier molecular flexibility index (Phi) is 3.45. The van der Waals surface area contributed by atoms with Crippen molar-refractivity contribution in [3.63, 3.8) is 0 Å². The van der Waals surface area contributed by atoms with Gasteiger partial charge in [-0.05, 0) is 27.9 Å². The molecule has 0 spiro atoms. The third-order valence-electron chi connectivity index (χ3n) is 1.93. The second-order valence-corrected chi connectivity index (χ2v) is 4.19. The van der Waals surface area contributed by atoms with E-state index in [9.17, 15) is 9.50 Å². The summed E-state index contributed by atoms with van der Waals surface area (Å²) in [6, 6.07) is 4.94. The van der Waals surface area contributed by atoms with E-state index >= 15 is 0 Å². The summed E-state index contributed by atoms with van der Waals surface area (Å²) in [6.45, 7) is 3.70. The van der Waals surface area contributed by atoms with Gasteiger partial charge in [0, 0.05) is 5.56 Å². The van der Waals surface area contributed by atoms with Gasteiger partial charge in [0.05, 0.1) is 10.6 Å². The Bertz CT molecular complexity index is 299. The lowest BCUT2D eigenvalue weighted by molar-refractivity contribution is 0.122. The molecule has 0 aliphatic carbocycles. The molecule has 1 atom stereocenters. The van der Waals surface area contributed by atoms with Crippen LogP contribution in [0.3, 0.4) is 0 Å². The van der Waals surface area contributed by atoms with E-state index in [1.54, 1.807) is 18.2 Å². The van der Waals surface area contributed by atoms with Crippen molar-refractivity contribution < 1.29 is 9.50 Å². The van der Waals surface area contributed by atoms with Crippen molar-refractivity contribution in [3.05, 3.63) is 34.1 Å². The fourth-order valence-electron chi connectivity index (χ4n) is 1.11. The van der Waals surface area contributed by atoms with Crippen molar-refractivity contribution in [1.29, 1.82) is 0 Å². The zero-order valence-electron chi connectivity index (χ0n) is 7.59. The van der Waals surface area contributed by atoms with Gasteiger partial charge in [0.25, 0.3) is 0 Å². The van der Waals surface area contributed by atoms with Crippen LogP contribution in [0.1, 0.15) is 25.5 Å². The minimum absolute atomic E-state index is 0.0174. The molecule has 0 saturated heterocycles. The summed E-state index contributed by atoms with van der Waals surface area (Å²) in [7, 11) is 0. The molecular formula is C10H12BrFO. The lowest BCUT2D eigenvalue weighted by Crippen LogP contribution is -2.07. The Hall–Kier alpha value is -0.410. The summed E-state index contributed by atoms with van der Waals surface area (Å²) in [5.41, 5.74) is 0.351. The van der Waals surface area contributed by atoms with E-state index in [2.05, 4.69) is 15.9 Å². The highest BCUT2D eigenvalue weighted by Gasteiger charge is 2.17. The van der Waals surface area contributed by atoms with Crippen LogP contribution in [0.4, 0.5) is 4.39 Å². The molecule has 0 aliphatic rings. The molecule has 1 rings (SSSR count). The maximum atomic E-state index is 13.4. The standard InChI is InChI=1S/C10H12BrFO/c1-6(2)10(13)7-4-3-5-8(11)9(7)12/h3-6,10,13H,1-2H3. The number of aliphatic hydroxyl groups is 1. The molecule has 0 aromatic heterocycles. The lowest BCUT2D eigenvalue weighted by atomic mass is 9.99. The van der Waals surface area contributed by atoms with Gasteiger partial charge in [0.1, 0.15) is 5.82 Å². The van der Waals surface area contributed by atoms with Crippen LogP contribution in [0.5, 0.6) is 0 Å². The maximum absolute atomic E-state index is 13.4. The number of hydrogen-bond acceptors (Lipinski definition) is 1.